The Bertz CT molecular complexity index is 817. The zero-order chi connectivity index (χ0) is 16.4. The molecule has 0 aliphatic carbocycles. The lowest BCUT2D eigenvalue weighted by Gasteiger charge is -2.30. The molecule has 0 saturated carbocycles. The van der Waals surface area contributed by atoms with Gasteiger partial charge in [0.15, 0.2) is 6.10 Å². The zero-order valence-electron chi connectivity index (χ0n) is 12.8. The number of amides is 1. The molecule has 0 spiro atoms. The van der Waals surface area contributed by atoms with Gasteiger partial charge in [-0.3, -0.25) is 4.79 Å². The highest BCUT2D eigenvalue weighted by atomic mass is 32.1. The number of ether oxygens (including phenoxy) is 1. The minimum Gasteiger partial charge on any atom is -0.365 e. The van der Waals surface area contributed by atoms with Crippen LogP contribution in [-0.4, -0.2) is 40.6 Å². The van der Waals surface area contributed by atoms with E-state index in [0.29, 0.717) is 31.4 Å². The number of benzene rings is 1. The number of thiophene rings is 1. The Labute approximate surface area is 142 Å². The lowest BCUT2D eigenvalue weighted by atomic mass is 10.2. The Hall–Kier alpha value is -2.51. The molecule has 1 aliphatic heterocycles. The summed E-state index contributed by atoms with van der Waals surface area (Å²) in [7, 11) is 0. The maximum atomic E-state index is 12.5. The summed E-state index contributed by atoms with van der Waals surface area (Å²) in [6.45, 7) is 1.42. The van der Waals surface area contributed by atoms with Crippen LogP contribution in [0.25, 0.3) is 11.4 Å². The smallest absolute Gasteiger partial charge is 0.264 e. The molecule has 1 fully saturated rings. The molecule has 6 nitrogen and oxygen atoms in total. The number of carbonyl (C=O) groups is 1. The Morgan fingerprint density at radius 3 is 2.88 bits per heavy atom. The topological polar surface area (TPSA) is 68.5 Å². The Balaban J connectivity index is 1.50. The summed E-state index contributed by atoms with van der Waals surface area (Å²) in [5.41, 5.74) is 0.884. The van der Waals surface area contributed by atoms with Crippen LogP contribution < -0.4 is 0 Å². The van der Waals surface area contributed by atoms with Crippen LogP contribution in [0, 0.1) is 0 Å². The summed E-state index contributed by atoms with van der Waals surface area (Å²) >= 11 is 1.44. The van der Waals surface area contributed by atoms with Crippen molar-refractivity contribution in [2.45, 2.75) is 6.10 Å². The second-order valence-electron chi connectivity index (χ2n) is 5.41. The molecule has 1 amide bonds. The van der Waals surface area contributed by atoms with Crippen molar-refractivity contribution in [3.05, 3.63) is 58.6 Å². The van der Waals surface area contributed by atoms with E-state index in [1.54, 1.807) is 4.90 Å². The molecule has 3 heterocycles. The summed E-state index contributed by atoms with van der Waals surface area (Å²) in [6, 6.07) is 13.3. The van der Waals surface area contributed by atoms with Gasteiger partial charge in [0, 0.05) is 12.1 Å². The quantitative estimate of drug-likeness (QED) is 0.732. The molecule has 4 rings (SSSR count). The number of aromatic nitrogens is 2. The van der Waals surface area contributed by atoms with Crippen LogP contribution >= 0.6 is 11.3 Å². The molecule has 2 aromatic heterocycles. The average Bonchev–Trinajstić information content (AvgIpc) is 3.34. The number of hydrogen-bond donors (Lipinski definition) is 0. The Morgan fingerprint density at radius 2 is 2.08 bits per heavy atom. The summed E-state index contributed by atoms with van der Waals surface area (Å²) < 4.78 is 11.1. The van der Waals surface area contributed by atoms with E-state index in [9.17, 15) is 4.79 Å². The van der Waals surface area contributed by atoms with Gasteiger partial charge in [-0.15, -0.1) is 11.3 Å². The van der Waals surface area contributed by atoms with Crippen molar-refractivity contribution in [3.8, 4) is 11.4 Å². The van der Waals surface area contributed by atoms with Gasteiger partial charge in [-0.05, 0) is 11.4 Å². The second kappa shape index (κ2) is 6.54. The summed E-state index contributed by atoms with van der Waals surface area (Å²) in [5, 5.41) is 5.91. The lowest BCUT2D eigenvalue weighted by Crippen LogP contribution is -2.42. The maximum absolute atomic E-state index is 12.5. The van der Waals surface area contributed by atoms with Gasteiger partial charge in [0.2, 0.25) is 5.82 Å². The van der Waals surface area contributed by atoms with Crippen molar-refractivity contribution in [2.75, 3.05) is 19.7 Å². The minimum absolute atomic E-state index is 0.0149. The van der Waals surface area contributed by atoms with Crippen molar-refractivity contribution >= 4 is 17.2 Å². The van der Waals surface area contributed by atoms with Crippen LogP contribution in [0.4, 0.5) is 0 Å². The minimum atomic E-state index is -0.396. The number of rotatable bonds is 3. The first-order valence-corrected chi connectivity index (χ1v) is 8.52. The number of hydrogen-bond acceptors (Lipinski definition) is 6. The molecular formula is C17H15N3O3S. The van der Waals surface area contributed by atoms with Crippen molar-refractivity contribution in [3.63, 3.8) is 0 Å². The van der Waals surface area contributed by atoms with Crippen LogP contribution in [0.2, 0.25) is 0 Å². The van der Waals surface area contributed by atoms with Gasteiger partial charge in [-0.1, -0.05) is 41.6 Å². The highest BCUT2D eigenvalue weighted by Crippen LogP contribution is 2.25. The standard InChI is InChI=1S/C17H15N3O3S/c21-17(14-7-4-10-24-14)20-8-9-22-13(11-20)16-18-15(19-23-16)12-5-2-1-3-6-12/h1-7,10,13H,8-9,11H2/t13-/m0/s1. The highest BCUT2D eigenvalue weighted by molar-refractivity contribution is 7.12. The third kappa shape index (κ3) is 2.95. The van der Waals surface area contributed by atoms with Crippen molar-refractivity contribution < 1.29 is 14.1 Å². The maximum Gasteiger partial charge on any atom is 0.264 e. The molecule has 0 N–H and O–H groups in total. The van der Waals surface area contributed by atoms with E-state index in [-0.39, 0.29) is 5.91 Å². The normalized spacial score (nSPS) is 17.8. The van der Waals surface area contributed by atoms with E-state index >= 15 is 0 Å². The second-order valence-corrected chi connectivity index (χ2v) is 6.36. The molecule has 0 radical (unpaired) electrons. The molecule has 24 heavy (non-hydrogen) atoms. The summed E-state index contributed by atoms with van der Waals surface area (Å²) in [5.74, 6) is 0.939. The summed E-state index contributed by atoms with van der Waals surface area (Å²) in [4.78, 5) is 19.4. The largest absolute Gasteiger partial charge is 0.365 e. The number of morpholine rings is 1. The van der Waals surface area contributed by atoms with Crippen LogP contribution in [0.3, 0.4) is 0 Å². The number of nitrogens with zero attached hydrogens (tertiary/aromatic N) is 3. The average molecular weight is 341 g/mol. The molecule has 122 valence electrons. The molecule has 1 saturated heterocycles. The van der Waals surface area contributed by atoms with Gasteiger partial charge in [0.05, 0.1) is 18.0 Å². The fourth-order valence-electron chi connectivity index (χ4n) is 2.61. The summed E-state index contributed by atoms with van der Waals surface area (Å²) in [6.07, 6.45) is -0.396. The van der Waals surface area contributed by atoms with Gasteiger partial charge in [0.25, 0.3) is 11.8 Å². The predicted molar refractivity (Wildman–Crippen MR) is 88.6 cm³/mol. The monoisotopic (exact) mass is 341 g/mol. The fraction of sp³-hybridized carbons (Fsp3) is 0.235. The molecule has 0 bridgehead atoms. The zero-order valence-corrected chi connectivity index (χ0v) is 13.6. The highest BCUT2D eigenvalue weighted by Gasteiger charge is 2.30. The van der Waals surface area contributed by atoms with Crippen molar-refractivity contribution in [1.29, 1.82) is 0 Å². The molecule has 1 atom stereocenters. The fourth-order valence-corrected chi connectivity index (χ4v) is 3.30. The van der Waals surface area contributed by atoms with E-state index in [1.165, 1.54) is 11.3 Å². The molecular weight excluding hydrogens is 326 g/mol. The van der Waals surface area contributed by atoms with Crippen LogP contribution in [0.1, 0.15) is 21.7 Å². The predicted octanol–water partition coefficient (Wildman–Crippen LogP) is 3.01. The Kier molecular flexibility index (Phi) is 4.10. The first-order chi connectivity index (χ1) is 11.8. The van der Waals surface area contributed by atoms with Crippen LogP contribution in [0.5, 0.6) is 0 Å². The van der Waals surface area contributed by atoms with Crippen LogP contribution in [-0.2, 0) is 4.74 Å². The van der Waals surface area contributed by atoms with Gasteiger partial charge < -0.3 is 14.2 Å². The van der Waals surface area contributed by atoms with Crippen molar-refractivity contribution in [2.24, 2.45) is 0 Å². The van der Waals surface area contributed by atoms with E-state index < -0.39 is 6.10 Å². The van der Waals surface area contributed by atoms with E-state index in [4.69, 9.17) is 9.26 Å². The van der Waals surface area contributed by atoms with E-state index in [0.717, 1.165) is 10.4 Å². The van der Waals surface area contributed by atoms with E-state index in [1.807, 2.05) is 47.8 Å². The number of carbonyl (C=O) groups excluding carboxylic acids is 1. The van der Waals surface area contributed by atoms with Gasteiger partial charge in [-0.2, -0.15) is 4.98 Å². The van der Waals surface area contributed by atoms with Gasteiger partial charge in [0.1, 0.15) is 0 Å². The van der Waals surface area contributed by atoms with Gasteiger partial charge in [-0.25, -0.2) is 0 Å². The molecule has 1 aliphatic rings. The third-order valence-electron chi connectivity index (χ3n) is 3.83. The lowest BCUT2D eigenvalue weighted by molar-refractivity contribution is -0.0365. The van der Waals surface area contributed by atoms with Crippen LogP contribution in [0.15, 0.2) is 52.4 Å². The molecule has 0 unspecified atom stereocenters. The van der Waals surface area contributed by atoms with Gasteiger partial charge >= 0.3 is 0 Å². The van der Waals surface area contributed by atoms with Crippen molar-refractivity contribution in [1.82, 2.24) is 15.0 Å². The molecule has 3 aromatic rings. The molecule has 1 aromatic carbocycles. The third-order valence-corrected chi connectivity index (χ3v) is 4.69. The first kappa shape index (κ1) is 15.0. The van der Waals surface area contributed by atoms with E-state index in [2.05, 4.69) is 10.1 Å². The Morgan fingerprint density at radius 1 is 1.21 bits per heavy atom. The SMILES string of the molecule is O=C(c1cccs1)N1CCO[C@H](c2nc(-c3ccccc3)no2)C1. The molecule has 7 heteroatoms. The first-order valence-electron chi connectivity index (χ1n) is 7.64.